The van der Waals surface area contributed by atoms with E-state index in [-0.39, 0.29) is 5.75 Å². The molecule has 1 atom stereocenters. The van der Waals surface area contributed by atoms with Crippen molar-refractivity contribution in [3.63, 3.8) is 0 Å². The van der Waals surface area contributed by atoms with Gasteiger partial charge in [0.1, 0.15) is 5.75 Å². The molecular weight excluding hydrogens is 383 g/mol. The van der Waals surface area contributed by atoms with Gasteiger partial charge in [0.2, 0.25) is 0 Å². The van der Waals surface area contributed by atoms with E-state index in [1.54, 1.807) is 24.3 Å². The molecule has 1 fully saturated rings. The molecule has 1 unspecified atom stereocenters. The summed E-state index contributed by atoms with van der Waals surface area (Å²) in [4.78, 5) is 6.50. The Hall–Kier alpha value is -2.65. The second-order valence-corrected chi connectivity index (χ2v) is 7.39. The minimum Gasteiger partial charge on any atom is -0.508 e. The normalized spacial score (nSPS) is 18.4. The fourth-order valence-electron chi connectivity index (χ4n) is 3.88. The zero-order chi connectivity index (χ0) is 20.6. The highest BCUT2D eigenvalue weighted by Gasteiger charge is 2.36. The van der Waals surface area contributed by atoms with E-state index in [1.807, 2.05) is 17.9 Å². The Morgan fingerprint density at radius 3 is 2.72 bits per heavy atom. The quantitative estimate of drug-likeness (QED) is 0.621. The molecule has 0 amide bonds. The number of fused-ring (bicyclic) bond motifs is 1. The molecule has 0 radical (unpaired) electrons. The van der Waals surface area contributed by atoms with Gasteiger partial charge in [0.05, 0.1) is 17.8 Å². The largest absolute Gasteiger partial charge is 0.508 e. The summed E-state index contributed by atoms with van der Waals surface area (Å²) in [5.41, 5.74) is 3.75. The van der Waals surface area contributed by atoms with Crippen LogP contribution in [-0.4, -0.2) is 57.0 Å². The van der Waals surface area contributed by atoms with Crippen molar-refractivity contribution < 1.29 is 18.3 Å². The minimum atomic E-state index is -4.21. The van der Waals surface area contributed by atoms with Crippen LogP contribution in [0.3, 0.4) is 0 Å². The lowest BCUT2D eigenvalue weighted by Gasteiger charge is -2.36. The molecule has 3 N–H and O–H groups in total. The molecule has 6 nitrogen and oxygen atoms in total. The number of phenols is 1. The Bertz CT molecular complexity index is 1000. The number of halogens is 3. The second kappa shape index (κ2) is 7.64. The van der Waals surface area contributed by atoms with Crippen LogP contribution in [0.2, 0.25) is 0 Å². The van der Waals surface area contributed by atoms with E-state index in [0.29, 0.717) is 37.5 Å². The van der Waals surface area contributed by atoms with Crippen LogP contribution in [0.1, 0.15) is 17.7 Å². The minimum absolute atomic E-state index is 0.156. The Morgan fingerprint density at radius 1 is 1.24 bits per heavy atom. The van der Waals surface area contributed by atoms with E-state index in [4.69, 9.17) is 0 Å². The van der Waals surface area contributed by atoms with Gasteiger partial charge in [-0.2, -0.15) is 18.3 Å². The van der Waals surface area contributed by atoms with Crippen LogP contribution >= 0.6 is 0 Å². The first-order chi connectivity index (χ1) is 13.8. The maximum atomic E-state index is 13.0. The van der Waals surface area contributed by atoms with Crippen molar-refractivity contribution in [2.24, 2.45) is 0 Å². The topological polar surface area (TPSA) is 77.1 Å². The summed E-state index contributed by atoms with van der Waals surface area (Å²) in [5.74, 6) is 0.156. The number of phenolic OH excluding ortho intramolecular Hbond substituents is 1. The van der Waals surface area contributed by atoms with Crippen molar-refractivity contribution in [3.05, 3.63) is 41.6 Å². The number of aryl methyl sites for hydroxylation is 1. The first-order valence-electron chi connectivity index (χ1n) is 9.46. The lowest BCUT2D eigenvalue weighted by atomic mass is 10.0. The number of alkyl halides is 3. The number of pyridine rings is 1. The molecule has 2 aromatic heterocycles. The van der Waals surface area contributed by atoms with Crippen molar-refractivity contribution in [2.45, 2.75) is 32.1 Å². The molecular formula is C20H22F3N5O. The smallest absolute Gasteiger partial charge is 0.390 e. The lowest BCUT2D eigenvalue weighted by molar-refractivity contribution is -0.149. The molecule has 0 bridgehead atoms. The number of aromatic hydroxyl groups is 1. The van der Waals surface area contributed by atoms with E-state index >= 15 is 0 Å². The number of nitrogens with one attached hydrogen (secondary N) is 2. The molecule has 1 aliphatic heterocycles. The highest BCUT2D eigenvalue weighted by Crippen LogP contribution is 2.30. The highest BCUT2D eigenvalue weighted by molar-refractivity contribution is 5.84. The van der Waals surface area contributed by atoms with Gasteiger partial charge in [-0.1, -0.05) is 0 Å². The van der Waals surface area contributed by atoms with Gasteiger partial charge in [-0.15, -0.1) is 0 Å². The number of nitrogens with zero attached hydrogens (tertiary/aromatic N) is 3. The summed E-state index contributed by atoms with van der Waals surface area (Å²) in [6.45, 7) is 3.73. The lowest BCUT2D eigenvalue weighted by Crippen LogP contribution is -2.52. The van der Waals surface area contributed by atoms with Crippen molar-refractivity contribution >= 4 is 11.0 Å². The molecule has 4 rings (SSSR count). The second-order valence-electron chi connectivity index (χ2n) is 7.39. The predicted molar refractivity (Wildman–Crippen MR) is 103 cm³/mol. The Balaban J connectivity index is 1.71. The first kappa shape index (κ1) is 19.7. The van der Waals surface area contributed by atoms with Crippen LogP contribution in [0, 0.1) is 6.92 Å². The summed E-state index contributed by atoms with van der Waals surface area (Å²) in [6.07, 6.45) is -5.05. The third-order valence-corrected chi connectivity index (χ3v) is 5.27. The number of piperazine rings is 1. The zero-order valence-corrected chi connectivity index (χ0v) is 15.9. The summed E-state index contributed by atoms with van der Waals surface area (Å²) in [5, 5.41) is 20.6. The number of aromatic amines is 1. The molecule has 0 saturated carbocycles. The molecule has 1 aromatic carbocycles. The summed E-state index contributed by atoms with van der Waals surface area (Å²) in [6, 6.07) is 7.96. The number of hydrogen-bond acceptors (Lipinski definition) is 5. The number of H-pyrrole nitrogens is 1. The first-order valence-corrected chi connectivity index (χ1v) is 9.46. The van der Waals surface area contributed by atoms with E-state index < -0.39 is 18.6 Å². The van der Waals surface area contributed by atoms with Crippen LogP contribution in [0.4, 0.5) is 13.2 Å². The SMILES string of the molecule is Cc1n[nH]c2nc(-c3ccc(O)cc3)cc(CN3CCNCC3CC(F)(F)F)c12. The van der Waals surface area contributed by atoms with Crippen molar-refractivity contribution in [2.75, 3.05) is 19.6 Å². The molecule has 3 aromatic rings. The fraction of sp³-hybridized carbons (Fsp3) is 0.400. The van der Waals surface area contributed by atoms with Gasteiger partial charge in [-0.25, -0.2) is 4.98 Å². The van der Waals surface area contributed by atoms with Gasteiger partial charge >= 0.3 is 6.18 Å². The van der Waals surface area contributed by atoms with Crippen LogP contribution < -0.4 is 5.32 Å². The Labute approximate surface area is 165 Å². The van der Waals surface area contributed by atoms with Crippen LogP contribution in [0.25, 0.3) is 22.3 Å². The maximum Gasteiger partial charge on any atom is 0.390 e. The molecule has 29 heavy (non-hydrogen) atoms. The standard InChI is InChI=1S/C20H22F3N5O/c1-12-18-14(11-28-7-6-24-10-15(28)9-20(21,22)23)8-17(25-19(18)27-26-12)13-2-4-16(29)5-3-13/h2-5,8,15,24,29H,6-7,9-11H2,1H3,(H,25,26,27). The number of benzene rings is 1. The number of aromatic nitrogens is 3. The molecule has 9 heteroatoms. The van der Waals surface area contributed by atoms with Gasteiger partial charge in [-0.05, 0) is 42.8 Å². The van der Waals surface area contributed by atoms with Gasteiger partial charge in [-0.3, -0.25) is 10.00 Å². The summed E-state index contributed by atoms with van der Waals surface area (Å²) >= 11 is 0. The third kappa shape index (κ3) is 4.35. The van der Waals surface area contributed by atoms with Gasteiger partial charge < -0.3 is 10.4 Å². The number of rotatable bonds is 4. The molecule has 1 saturated heterocycles. The molecule has 3 heterocycles. The number of hydrogen-bond donors (Lipinski definition) is 3. The Morgan fingerprint density at radius 2 is 2.00 bits per heavy atom. The molecule has 0 spiro atoms. The van der Waals surface area contributed by atoms with E-state index in [0.717, 1.165) is 22.2 Å². The zero-order valence-electron chi connectivity index (χ0n) is 15.9. The Kier molecular flexibility index (Phi) is 5.18. The highest BCUT2D eigenvalue weighted by atomic mass is 19.4. The molecule has 1 aliphatic rings. The van der Waals surface area contributed by atoms with Crippen LogP contribution in [-0.2, 0) is 6.54 Å². The average Bonchev–Trinajstić information content (AvgIpc) is 3.04. The van der Waals surface area contributed by atoms with Gasteiger partial charge in [0, 0.05) is 43.2 Å². The van der Waals surface area contributed by atoms with E-state index in [2.05, 4.69) is 20.5 Å². The van der Waals surface area contributed by atoms with Gasteiger partial charge in [0.15, 0.2) is 5.65 Å². The summed E-state index contributed by atoms with van der Waals surface area (Å²) < 4.78 is 39.1. The van der Waals surface area contributed by atoms with Crippen molar-refractivity contribution in [1.82, 2.24) is 25.4 Å². The summed E-state index contributed by atoms with van der Waals surface area (Å²) in [7, 11) is 0. The average molecular weight is 405 g/mol. The van der Waals surface area contributed by atoms with Crippen LogP contribution in [0.15, 0.2) is 30.3 Å². The van der Waals surface area contributed by atoms with E-state index in [9.17, 15) is 18.3 Å². The third-order valence-electron chi connectivity index (χ3n) is 5.27. The van der Waals surface area contributed by atoms with E-state index in [1.165, 1.54) is 0 Å². The predicted octanol–water partition coefficient (Wildman–Crippen LogP) is 3.37. The van der Waals surface area contributed by atoms with Gasteiger partial charge in [0.25, 0.3) is 0 Å². The van der Waals surface area contributed by atoms with Crippen molar-refractivity contribution in [3.8, 4) is 17.0 Å². The molecule has 0 aliphatic carbocycles. The maximum absolute atomic E-state index is 13.0. The monoisotopic (exact) mass is 405 g/mol. The fourth-order valence-corrected chi connectivity index (χ4v) is 3.88. The van der Waals surface area contributed by atoms with Crippen LogP contribution in [0.5, 0.6) is 5.75 Å². The molecule has 154 valence electrons. The van der Waals surface area contributed by atoms with Crippen molar-refractivity contribution in [1.29, 1.82) is 0 Å².